The Morgan fingerprint density at radius 1 is 1.36 bits per heavy atom. The van der Waals surface area contributed by atoms with Crippen molar-refractivity contribution in [2.75, 3.05) is 7.11 Å². The third-order valence-electron chi connectivity index (χ3n) is 2.56. The van der Waals surface area contributed by atoms with E-state index in [9.17, 15) is 4.79 Å². The molecule has 1 aliphatic carbocycles. The van der Waals surface area contributed by atoms with Gasteiger partial charge in [-0.05, 0) is 53.1 Å². The van der Waals surface area contributed by atoms with Gasteiger partial charge in [-0.1, -0.05) is 0 Å². The second kappa shape index (κ2) is 3.88. The molecule has 1 aromatic rings. The molecule has 1 aliphatic rings. The highest BCUT2D eigenvalue weighted by Crippen LogP contribution is 2.31. The third-order valence-corrected chi connectivity index (χ3v) is 3.74. The van der Waals surface area contributed by atoms with Crippen molar-refractivity contribution in [3.63, 3.8) is 0 Å². The molecule has 0 radical (unpaired) electrons. The monoisotopic (exact) mass is 302 g/mol. The molecule has 0 amide bonds. The first-order valence-corrected chi connectivity index (χ1v) is 5.70. The number of hydrogen-bond donors (Lipinski definition) is 0. The van der Waals surface area contributed by atoms with E-state index in [1.54, 1.807) is 7.11 Å². The molecule has 0 heterocycles. The molecule has 3 heteroatoms. The van der Waals surface area contributed by atoms with Gasteiger partial charge >= 0.3 is 0 Å². The van der Waals surface area contributed by atoms with E-state index >= 15 is 0 Å². The van der Waals surface area contributed by atoms with Crippen LogP contribution < -0.4 is 4.74 Å². The van der Waals surface area contributed by atoms with E-state index in [-0.39, 0.29) is 5.78 Å². The fourth-order valence-electron chi connectivity index (χ4n) is 1.82. The highest BCUT2D eigenvalue weighted by atomic mass is 127. The molecule has 0 N–H and O–H groups in total. The molecule has 0 atom stereocenters. The van der Waals surface area contributed by atoms with E-state index in [1.165, 1.54) is 5.56 Å². The predicted octanol–water partition coefficient (Wildman–Crippen LogP) is 2.82. The topological polar surface area (TPSA) is 26.3 Å². The van der Waals surface area contributed by atoms with Gasteiger partial charge in [0.25, 0.3) is 0 Å². The highest BCUT2D eigenvalue weighted by Gasteiger charge is 2.20. The maximum Gasteiger partial charge on any atom is 0.163 e. The summed E-state index contributed by atoms with van der Waals surface area (Å²) in [5.74, 6) is 1.14. The van der Waals surface area contributed by atoms with Crippen molar-refractivity contribution in [3.8, 4) is 5.75 Å². The Bertz CT molecular complexity index is 385. The molecular formula is C11H11IO2. The summed E-state index contributed by atoms with van der Waals surface area (Å²) >= 11 is 2.26. The van der Waals surface area contributed by atoms with Crippen molar-refractivity contribution in [3.05, 3.63) is 26.8 Å². The molecule has 0 aromatic heterocycles. The van der Waals surface area contributed by atoms with Crippen LogP contribution in [0.4, 0.5) is 0 Å². The smallest absolute Gasteiger partial charge is 0.163 e. The van der Waals surface area contributed by atoms with Crippen LogP contribution in [0, 0.1) is 3.57 Å². The number of hydrogen-bond acceptors (Lipinski definition) is 2. The Balaban J connectivity index is 2.57. The first kappa shape index (κ1) is 9.96. The van der Waals surface area contributed by atoms with Crippen LogP contribution in [0.25, 0.3) is 0 Å². The molecule has 0 saturated carbocycles. The summed E-state index contributed by atoms with van der Waals surface area (Å²) in [6, 6.07) is 3.77. The molecule has 0 fully saturated rings. The van der Waals surface area contributed by atoms with Crippen LogP contribution in [0.2, 0.25) is 0 Å². The van der Waals surface area contributed by atoms with Gasteiger partial charge in [0.1, 0.15) is 5.75 Å². The SMILES string of the molecule is COc1ccc2c(c1I)CCCC2=O. The fourth-order valence-corrected chi connectivity index (χ4v) is 2.78. The number of ether oxygens (including phenoxy) is 1. The Kier molecular flexibility index (Phi) is 2.76. The van der Waals surface area contributed by atoms with Crippen molar-refractivity contribution in [1.29, 1.82) is 0 Å². The number of fused-ring (bicyclic) bond motifs is 1. The molecule has 2 nitrogen and oxygen atoms in total. The first-order valence-electron chi connectivity index (χ1n) is 4.62. The van der Waals surface area contributed by atoms with Crippen molar-refractivity contribution < 1.29 is 9.53 Å². The maximum absolute atomic E-state index is 11.6. The minimum atomic E-state index is 0.270. The zero-order chi connectivity index (χ0) is 10.1. The lowest BCUT2D eigenvalue weighted by molar-refractivity contribution is 0.0972. The van der Waals surface area contributed by atoms with Gasteiger partial charge < -0.3 is 4.74 Å². The number of ketones is 1. The van der Waals surface area contributed by atoms with Gasteiger partial charge in [-0.15, -0.1) is 0 Å². The summed E-state index contributed by atoms with van der Waals surface area (Å²) in [7, 11) is 1.66. The first-order chi connectivity index (χ1) is 6.74. The van der Waals surface area contributed by atoms with Crippen molar-refractivity contribution in [2.45, 2.75) is 19.3 Å². The molecule has 0 aliphatic heterocycles. The molecule has 14 heavy (non-hydrogen) atoms. The van der Waals surface area contributed by atoms with E-state index in [1.807, 2.05) is 12.1 Å². The number of rotatable bonds is 1. The van der Waals surface area contributed by atoms with Crippen LogP contribution in [0.5, 0.6) is 5.75 Å². The van der Waals surface area contributed by atoms with Crippen LogP contribution in [-0.4, -0.2) is 12.9 Å². The predicted molar refractivity (Wildman–Crippen MR) is 63.0 cm³/mol. The molecule has 74 valence electrons. The van der Waals surface area contributed by atoms with Gasteiger partial charge in [-0.3, -0.25) is 4.79 Å². The third kappa shape index (κ3) is 1.54. The molecular weight excluding hydrogens is 291 g/mol. The second-order valence-corrected chi connectivity index (χ2v) is 4.46. The maximum atomic E-state index is 11.6. The Labute approximate surface area is 96.8 Å². The number of Topliss-reactive ketones (excluding diaryl/α,β-unsaturated/α-hetero) is 1. The van der Waals surface area contributed by atoms with E-state index in [0.29, 0.717) is 6.42 Å². The van der Waals surface area contributed by atoms with E-state index in [2.05, 4.69) is 22.6 Å². The van der Waals surface area contributed by atoms with Crippen LogP contribution in [0.15, 0.2) is 12.1 Å². The van der Waals surface area contributed by atoms with Gasteiger partial charge in [0.15, 0.2) is 5.78 Å². The summed E-state index contributed by atoms with van der Waals surface area (Å²) in [5, 5.41) is 0. The lowest BCUT2D eigenvalue weighted by Gasteiger charge is -2.17. The van der Waals surface area contributed by atoms with Gasteiger partial charge in [-0.2, -0.15) is 0 Å². The summed E-state index contributed by atoms with van der Waals surface area (Å²) in [5.41, 5.74) is 2.06. The fraction of sp³-hybridized carbons (Fsp3) is 0.364. The van der Waals surface area contributed by atoms with Crippen LogP contribution >= 0.6 is 22.6 Å². The van der Waals surface area contributed by atoms with Crippen LogP contribution in [0.3, 0.4) is 0 Å². The summed E-state index contributed by atoms with van der Waals surface area (Å²) in [4.78, 5) is 11.6. The van der Waals surface area contributed by atoms with E-state index in [0.717, 1.165) is 27.7 Å². The molecule has 2 rings (SSSR count). The molecule has 1 aromatic carbocycles. The lowest BCUT2D eigenvalue weighted by atomic mass is 9.90. The number of methoxy groups -OCH3 is 1. The standard InChI is InChI=1S/C11H11IO2/c1-14-10-6-5-7-8(11(10)12)3-2-4-9(7)13/h5-6H,2-4H2,1H3. The number of carbonyl (C=O) groups is 1. The highest BCUT2D eigenvalue weighted by molar-refractivity contribution is 14.1. The minimum absolute atomic E-state index is 0.270. The number of halogens is 1. The zero-order valence-corrected chi connectivity index (χ0v) is 10.1. The average Bonchev–Trinajstić information content (AvgIpc) is 2.20. The summed E-state index contributed by atoms with van der Waals surface area (Å²) in [6.07, 6.45) is 2.65. The van der Waals surface area contributed by atoms with Crippen molar-refractivity contribution in [2.24, 2.45) is 0 Å². The van der Waals surface area contributed by atoms with E-state index in [4.69, 9.17) is 4.74 Å². The molecule has 0 unspecified atom stereocenters. The van der Waals surface area contributed by atoms with E-state index < -0.39 is 0 Å². The zero-order valence-electron chi connectivity index (χ0n) is 7.97. The summed E-state index contributed by atoms with van der Waals surface area (Å²) < 4.78 is 6.32. The van der Waals surface area contributed by atoms with Gasteiger partial charge in [0.05, 0.1) is 10.7 Å². The largest absolute Gasteiger partial charge is 0.496 e. The van der Waals surface area contributed by atoms with Crippen LogP contribution in [-0.2, 0) is 6.42 Å². The Hall–Kier alpha value is -0.580. The number of benzene rings is 1. The number of carbonyl (C=O) groups excluding carboxylic acids is 1. The van der Waals surface area contributed by atoms with Gasteiger partial charge in [0.2, 0.25) is 0 Å². The Morgan fingerprint density at radius 2 is 2.14 bits per heavy atom. The van der Waals surface area contributed by atoms with Gasteiger partial charge in [0, 0.05) is 12.0 Å². The summed E-state index contributed by atoms with van der Waals surface area (Å²) in [6.45, 7) is 0. The van der Waals surface area contributed by atoms with Crippen molar-refractivity contribution >= 4 is 28.4 Å². The second-order valence-electron chi connectivity index (χ2n) is 3.38. The van der Waals surface area contributed by atoms with Gasteiger partial charge in [-0.25, -0.2) is 0 Å². The van der Waals surface area contributed by atoms with Crippen molar-refractivity contribution in [1.82, 2.24) is 0 Å². The molecule has 0 bridgehead atoms. The van der Waals surface area contributed by atoms with Crippen LogP contribution in [0.1, 0.15) is 28.8 Å². The normalized spacial score (nSPS) is 15.1. The lowest BCUT2D eigenvalue weighted by Crippen LogP contribution is -2.12. The quantitative estimate of drug-likeness (QED) is 0.746. The minimum Gasteiger partial charge on any atom is -0.496 e. The molecule has 0 saturated heterocycles. The Morgan fingerprint density at radius 3 is 2.86 bits per heavy atom. The molecule has 0 spiro atoms. The average molecular weight is 302 g/mol.